The van der Waals surface area contributed by atoms with Crippen molar-refractivity contribution in [2.45, 2.75) is 19.4 Å². The number of amidine groups is 1. The predicted molar refractivity (Wildman–Crippen MR) is 74.0 cm³/mol. The summed E-state index contributed by atoms with van der Waals surface area (Å²) in [5, 5.41) is 11.9. The largest absolute Gasteiger partial charge is 0.409 e. The summed E-state index contributed by atoms with van der Waals surface area (Å²) in [7, 11) is 0. The van der Waals surface area contributed by atoms with E-state index in [1.54, 1.807) is 11.8 Å². The number of hydrogen-bond acceptors (Lipinski definition) is 5. The Hall–Kier alpha value is -0.950. The fourth-order valence-corrected chi connectivity index (χ4v) is 2.44. The molecule has 0 aliphatic carbocycles. The average molecular weight is 274 g/mol. The molecule has 0 bridgehead atoms. The summed E-state index contributed by atoms with van der Waals surface area (Å²) < 4.78 is 0. The molecule has 0 saturated carbocycles. The second-order valence-corrected chi connectivity index (χ2v) is 5.71. The molecule has 104 valence electrons. The van der Waals surface area contributed by atoms with Gasteiger partial charge in [0.1, 0.15) is 0 Å². The van der Waals surface area contributed by atoms with E-state index in [1.165, 1.54) is 0 Å². The maximum Gasteiger partial charge on any atom is 0.232 e. The molecule has 18 heavy (non-hydrogen) atoms. The lowest BCUT2D eigenvalue weighted by molar-refractivity contribution is -0.130. The summed E-state index contributed by atoms with van der Waals surface area (Å²) in [4.78, 5) is 15.7. The van der Waals surface area contributed by atoms with Gasteiger partial charge in [-0.15, -0.1) is 0 Å². The van der Waals surface area contributed by atoms with Crippen molar-refractivity contribution in [1.29, 1.82) is 0 Å². The van der Waals surface area contributed by atoms with Crippen molar-refractivity contribution in [3.8, 4) is 0 Å². The van der Waals surface area contributed by atoms with Crippen LogP contribution in [0.5, 0.6) is 0 Å². The predicted octanol–water partition coefficient (Wildman–Crippen LogP) is 0.0186. The second kappa shape index (κ2) is 6.29. The smallest absolute Gasteiger partial charge is 0.232 e. The highest BCUT2D eigenvalue weighted by Crippen LogP contribution is 2.17. The van der Waals surface area contributed by atoms with Crippen LogP contribution < -0.4 is 5.73 Å². The van der Waals surface area contributed by atoms with Gasteiger partial charge in [-0.2, -0.15) is 11.8 Å². The van der Waals surface area contributed by atoms with Crippen molar-refractivity contribution in [3.63, 3.8) is 0 Å². The van der Waals surface area contributed by atoms with E-state index in [0.717, 1.165) is 13.1 Å². The number of nitrogens with two attached hydrogens (primary N) is 1. The Labute approximate surface area is 112 Å². The van der Waals surface area contributed by atoms with Gasteiger partial charge in [-0.05, 0) is 20.1 Å². The van der Waals surface area contributed by atoms with Gasteiger partial charge < -0.3 is 15.8 Å². The van der Waals surface area contributed by atoms with Crippen LogP contribution in [0, 0.1) is 0 Å². The molecule has 1 fully saturated rings. The molecule has 1 heterocycles. The van der Waals surface area contributed by atoms with Crippen LogP contribution in [-0.4, -0.2) is 70.5 Å². The fraction of sp³-hybridized carbons (Fsp3) is 0.818. The van der Waals surface area contributed by atoms with E-state index in [0.29, 0.717) is 18.8 Å². The Morgan fingerprint density at radius 3 is 2.39 bits per heavy atom. The first kappa shape index (κ1) is 15.1. The molecular formula is C11H22N4O2S. The minimum absolute atomic E-state index is 0.184. The molecule has 7 heteroatoms. The van der Waals surface area contributed by atoms with Gasteiger partial charge in [-0.25, -0.2) is 0 Å². The lowest BCUT2D eigenvalue weighted by Gasteiger charge is -2.43. The first-order valence-electron chi connectivity index (χ1n) is 5.93. The molecule has 0 aromatic rings. The Morgan fingerprint density at radius 2 is 1.94 bits per heavy atom. The van der Waals surface area contributed by atoms with Crippen molar-refractivity contribution in [1.82, 2.24) is 9.80 Å². The Morgan fingerprint density at radius 1 is 1.39 bits per heavy atom. The third kappa shape index (κ3) is 3.29. The zero-order chi connectivity index (χ0) is 13.8. The zero-order valence-corrected chi connectivity index (χ0v) is 12.0. The fourth-order valence-electron chi connectivity index (χ4n) is 2.01. The highest BCUT2D eigenvalue weighted by molar-refractivity contribution is 7.99. The van der Waals surface area contributed by atoms with Gasteiger partial charge in [0, 0.05) is 26.2 Å². The number of thioether (sulfide) groups is 1. The number of piperazine rings is 1. The van der Waals surface area contributed by atoms with Crippen LogP contribution in [0.3, 0.4) is 0 Å². The normalized spacial score (nSPS) is 19.1. The Bertz CT molecular complexity index is 325. The van der Waals surface area contributed by atoms with Crippen LogP contribution in [0.2, 0.25) is 0 Å². The van der Waals surface area contributed by atoms with Gasteiger partial charge >= 0.3 is 0 Å². The third-order valence-corrected chi connectivity index (χ3v) is 3.96. The summed E-state index contributed by atoms with van der Waals surface area (Å²) in [5.41, 5.74) is 5.22. The van der Waals surface area contributed by atoms with Gasteiger partial charge in [0.25, 0.3) is 0 Å². The quantitative estimate of drug-likeness (QED) is 0.327. The summed E-state index contributed by atoms with van der Waals surface area (Å²) in [6.45, 7) is 6.71. The molecule has 3 N–H and O–H groups in total. The lowest BCUT2D eigenvalue weighted by Crippen LogP contribution is -2.60. The van der Waals surface area contributed by atoms with Crippen LogP contribution in [0.1, 0.15) is 13.8 Å². The number of carbonyl (C=O) groups is 1. The van der Waals surface area contributed by atoms with Crippen LogP contribution in [0.25, 0.3) is 0 Å². The molecule has 0 aromatic heterocycles. The van der Waals surface area contributed by atoms with Crippen molar-refractivity contribution in [2.75, 3.05) is 38.2 Å². The molecule has 0 atom stereocenters. The monoisotopic (exact) mass is 274 g/mol. The van der Waals surface area contributed by atoms with Crippen LogP contribution in [0.4, 0.5) is 0 Å². The number of rotatable bonds is 4. The van der Waals surface area contributed by atoms with Crippen LogP contribution in [0.15, 0.2) is 5.16 Å². The molecule has 1 aliphatic heterocycles. The van der Waals surface area contributed by atoms with Crippen molar-refractivity contribution < 1.29 is 10.0 Å². The van der Waals surface area contributed by atoms with Crippen molar-refractivity contribution in [3.05, 3.63) is 0 Å². The molecule has 1 saturated heterocycles. The topological polar surface area (TPSA) is 82.2 Å². The zero-order valence-electron chi connectivity index (χ0n) is 11.2. The molecule has 1 aliphatic rings. The number of oxime groups is 1. The molecule has 0 unspecified atom stereocenters. The van der Waals surface area contributed by atoms with E-state index >= 15 is 0 Å². The van der Waals surface area contributed by atoms with E-state index in [-0.39, 0.29) is 11.7 Å². The van der Waals surface area contributed by atoms with E-state index < -0.39 is 5.54 Å². The van der Waals surface area contributed by atoms with Crippen molar-refractivity contribution >= 4 is 23.5 Å². The first-order valence-corrected chi connectivity index (χ1v) is 7.32. The minimum Gasteiger partial charge on any atom is -0.409 e. The van der Waals surface area contributed by atoms with E-state index in [4.69, 9.17) is 10.9 Å². The standard InChI is InChI=1S/C11H22N4O2S/c1-11(2,10(12)13-17)15-6-4-14(5-7-15)9(16)8-18-3/h17H,4-8H2,1-3H3,(H2,12,13). The van der Waals surface area contributed by atoms with Gasteiger partial charge in [0.05, 0.1) is 11.3 Å². The average Bonchev–Trinajstić information content (AvgIpc) is 2.38. The Kier molecular flexibility index (Phi) is 5.28. The first-order chi connectivity index (χ1) is 8.43. The maximum atomic E-state index is 11.7. The Balaban J connectivity index is 2.56. The van der Waals surface area contributed by atoms with Crippen LogP contribution in [-0.2, 0) is 4.79 Å². The van der Waals surface area contributed by atoms with Gasteiger partial charge in [-0.1, -0.05) is 5.16 Å². The maximum absolute atomic E-state index is 11.7. The molecular weight excluding hydrogens is 252 g/mol. The summed E-state index contributed by atoms with van der Waals surface area (Å²) in [6.07, 6.45) is 1.93. The molecule has 0 radical (unpaired) electrons. The minimum atomic E-state index is -0.483. The van der Waals surface area contributed by atoms with Crippen molar-refractivity contribution in [2.24, 2.45) is 10.9 Å². The number of nitrogens with zero attached hydrogens (tertiary/aromatic N) is 3. The molecule has 1 rings (SSSR count). The summed E-state index contributed by atoms with van der Waals surface area (Å²) in [6, 6.07) is 0. The van der Waals surface area contributed by atoms with Gasteiger partial charge in [0.2, 0.25) is 5.91 Å². The van der Waals surface area contributed by atoms with Gasteiger partial charge in [0.15, 0.2) is 5.84 Å². The lowest BCUT2D eigenvalue weighted by atomic mass is 10.0. The third-order valence-electron chi connectivity index (χ3n) is 3.43. The van der Waals surface area contributed by atoms with E-state index in [1.807, 2.05) is 25.0 Å². The number of amides is 1. The summed E-state index contributed by atoms with van der Waals surface area (Å²) in [5.74, 6) is 0.916. The van der Waals surface area contributed by atoms with E-state index in [2.05, 4.69) is 10.1 Å². The SMILES string of the molecule is CSCC(=O)N1CCN(C(C)(C)/C(N)=N/O)CC1. The molecule has 1 amide bonds. The highest BCUT2D eigenvalue weighted by Gasteiger charge is 2.34. The van der Waals surface area contributed by atoms with Gasteiger partial charge in [-0.3, -0.25) is 9.69 Å². The summed E-state index contributed by atoms with van der Waals surface area (Å²) >= 11 is 1.54. The number of carbonyl (C=O) groups excluding carboxylic acids is 1. The van der Waals surface area contributed by atoms with E-state index in [9.17, 15) is 4.79 Å². The molecule has 6 nitrogen and oxygen atoms in total. The molecule has 0 spiro atoms. The second-order valence-electron chi connectivity index (χ2n) is 4.85. The highest BCUT2D eigenvalue weighted by atomic mass is 32.2. The van der Waals surface area contributed by atoms with Crippen LogP contribution >= 0.6 is 11.8 Å². The molecule has 0 aromatic carbocycles. The number of hydrogen-bond donors (Lipinski definition) is 2.